The predicted molar refractivity (Wildman–Crippen MR) is 70.3 cm³/mol. The summed E-state index contributed by atoms with van der Waals surface area (Å²) in [6, 6.07) is 0.817. The minimum Gasteiger partial charge on any atom is -0.353 e. The monoisotopic (exact) mass is 252 g/mol. The Balaban J connectivity index is 1.73. The fourth-order valence-electron chi connectivity index (χ4n) is 2.69. The first-order valence-electron chi connectivity index (χ1n) is 7.18. The van der Waals surface area contributed by atoms with Gasteiger partial charge in [-0.1, -0.05) is 6.42 Å². The summed E-state index contributed by atoms with van der Waals surface area (Å²) in [5.74, 6) is 0.430. The molecule has 1 N–H and O–H groups in total. The highest BCUT2D eigenvalue weighted by atomic mass is 16.1. The molecule has 1 saturated heterocycles. The molecule has 2 rings (SSSR count). The Kier molecular flexibility index (Phi) is 4.75. The second-order valence-corrected chi connectivity index (χ2v) is 5.68. The molecule has 0 aromatic rings. The van der Waals surface area contributed by atoms with Crippen molar-refractivity contribution in [2.75, 3.05) is 13.1 Å². The van der Waals surface area contributed by atoms with Crippen molar-refractivity contribution in [3.63, 3.8) is 0 Å². The third kappa shape index (κ3) is 4.41. The minimum absolute atomic E-state index is 0.171. The molecule has 18 heavy (non-hydrogen) atoms. The first-order valence-corrected chi connectivity index (χ1v) is 7.18. The van der Waals surface area contributed by atoms with Crippen molar-refractivity contribution in [1.82, 2.24) is 10.2 Å². The summed E-state index contributed by atoms with van der Waals surface area (Å²) < 4.78 is 0. The maximum absolute atomic E-state index is 11.7. The number of hydrogen-bond donors (Lipinski definition) is 1. The van der Waals surface area contributed by atoms with Crippen molar-refractivity contribution in [2.24, 2.45) is 0 Å². The van der Waals surface area contributed by atoms with Gasteiger partial charge >= 0.3 is 0 Å². The maximum Gasteiger partial charge on any atom is 0.221 e. The summed E-state index contributed by atoms with van der Waals surface area (Å²) in [5, 5.41) is 3.02. The summed E-state index contributed by atoms with van der Waals surface area (Å²) >= 11 is 0. The molecule has 1 heterocycles. The number of carbonyl (C=O) groups is 2. The van der Waals surface area contributed by atoms with E-state index < -0.39 is 0 Å². The second kappa shape index (κ2) is 6.32. The average molecular weight is 252 g/mol. The van der Waals surface area contributed by atoms with E-state index in [1.807, 2.05) is 0 Å². The van der Waals surface area contributed by atoms with Gasteiger partial charge in [0.05, 0.1) is 0 Å². The largest absolute Gasteiger partial charge is 0.353 e. The van der Waals surface area contributed by atoms with Crippen molar-refractivity contribution in [3.05, 3.63) is 0 Å². The summed E-state index contributed by atoms with van der Waals surface area (Å²) in [5.41, 5.74) is 0. The Labute approximate surface area is 109 Å². The number of piperidine rings is 1. The Morgan fingerprint density at radius 3 is 2.67 bits per heavy atom. The van der Waals surface area contributed by atoms with E-state index in [2.05, 4.69) is 10.2 Å². The fourth-order valence-corrected chi connectivity index (χ4v) is 2.69. The van der Waals surface area contributed by atoms with Gasteiger partial charge < -0.3 is 5.32 Å². The van der Waals surface area contributed by atoms with Gasteiger partial charge in [-0.15, -0.1) is 0 Å². The lowest BCUT2D eigenvalue weighted by molar-refractivity contribution is -0.121. The number of rotatable bonds is 6. The standard InChI is InChI=1S/C14H24N2O2/c1-11(17)10-13-4-2-3-8-16(13)9-7-14(18)15-12-5-6-12/h12-13H,2-10H2,1H3,(H,15,18). The number of Topliss-reactive ketones (excluding diaryl/α,β-unsaturated/α-hetero) is 1. The fraction of sp³-hybridized carbons (Fsp3) is 0.857. The van der Waals surface area contributed by atoms with Crippen LogP contribution < -0.4 is 5.32 Å². The van der Waals surface area contributed by atoms with Crippen molar-refractivity contribution in [2.45, 2.75) is 64.0 Å². The SMILES string of the molecule is CC(=O)CC1CCCCN1CCC(=O)NC1CC1. The number of nitrogens with zero attached hydrogens (tertiary/aromatic N) is 1. The van der Waals surface area contributed by atoms with Crippen LogP contribution in [0.1, 0.15) is 51.9 Å². The van der Waals surface area contributed by atoms with Crippen molar-refractivity contribution in [3.8, 4) is 0 Å². The summed E-state index contributed by atoms with van der Waals surface area (Å²) in [4.78, 5) is 25.2. The third-order valence-electron chi connectivity index (χ3n) is 3.84. The molecule has 0 aromatic heterocycles. The van der Waals surface area contributed by atoms with E-state index >= 15 is 0 Å². The molecule has 0 radical (unpaired) electrons. The smallest absolute Gasteiger partial charge is 0.221 e. The minimum atomic E-state index is 0.171. The lowest BCUT2D eigenvalue weighted by Gasteiger charge is -2.35. The lowest BCUT2D eigenvalue weighted by atomic mass is 9.97. The highest BCUT2D eigenvalue weighted by Crippen LogP contribution is 2.21. The zero-order valence-electron chi connectivity index (χ0n) is 11.3. The number of carbonyl (C=O) groups excluding carboxylic acids is 2. The number of likely N-dealkylation sites (tertiary alicyclic amines) is 1. The molecule has 2 fully saturated rings. The van der Waals surface area contributed by atoms with E-state index in [4.69, 9.17) is 0 Å². The normalized spacial score (nSPS) is 24.8. The molecule has 4 heteroatoms. The van der Waals surface area contributed by atoms with Crippen molar-refractivity contribution in [1.29, 1.82) is 0 Å². The molecular weight excluding hydrogens is 228 g/mol. The van der Waals surface area contributed by atoms with Crippen LogP contribution in [0.2, 0.25) is 0 Å². The van der Waals surface area contributed by atoms with Crippen molar-refractivity contribution >= 4 is 11.7 Å². The van der Waals surface area contributed by atoms with Crippen LogP contribution in [0.5, 0.6) is 0 Å². The summed E-state index contributed by atoms with van der Waals surface area (Å²) in [7, 11) is 0. The quantitative estimate of drug-likeness (QED) is 0.779. The molecule has 0 spiro atoms. The van der Waals surface area contributed by atoms with Crippen LogP contribution >= 0.6 is 0 Å². The molecule has 0 aromatic carbocycles. The van der Waals surface area contributed by atoms with Gasteiger partial charge in [0.15, 0.2) is 0 Å². The van der Waals surface area contributed by atoms with Gasteiger partial charge in [0.25, 0.3) is 0 Å². The molecule has 0 bridgehead atoms. The molecule has 4 nitrogen and oxygen atoms in total. The van der Waals surface area contributed by atoms with Gasteiger partial charge in [-0.2, -0.15) is 0 Å². The number of ketones is 1. The first-order chi connectivity index (χ1) is 8.65. The molecule has 1 aliphatic heterocycles. The molecule has 1 atom stereocenters. The Hall–Kier alpha value is -0.900. The van der Waals surface area contributed by atoms with Gasteiger partial charge in [-0.3, -0.25) is 14.5 Å². The van der Waals surface area contributed by atoms with E-state index in [1.165, 1.54) is 12.8 Å². The zero-order valence-corrected chi connectivity index (χ0v) is 11.3. The van der Waals surface area contributed by atoms with E-state index in [9.17, 15) is 9.59 Å². The van der Waals surface area contributed by atoms with Crippen LogP contribution in [0.3, 0.4) is 0 Å². The second-order valence-electron chi connectivity index (χ2n) is 5.68. The Bertz CT molecular complexity index is 313. The molecule has 1 saturated carbocycles. The molecule has 1 amide bonds. The first kappa shape index (κ1) is 13.5. The van der Waals surface area contributed by atoms with Crippen LogP contribution in [0.25, 0.3) is 0 Å². The molecule has 1 unspecified atom stereocenters. The van der Waals surface area contributed by atoms with Crippen LogP contribution in [0.15, 0.2) is 0 Å². The van der Waals surface area contributed by atoms with E-state index in [1.54, 1.807) is 6.92 Å². The van der Waals surface area contributed by atoms with Crippen LogP contribution in [-0.4, -0.2) is 41.8 Å². The van der Waals surface area contributed by atoms with Crippen molar-refractivity contribution < 1.29 is 9.59 Å². The Morgan fingerprint density at radius 1 is 1.22 bits per heavy atom. The van der Waals surface area contributed by atoms with E-state index in [0.717, 1.165) is 32.4 Å². The highest BCUT2D eigenvalue weighted by molar-refractivity contribution is 5.77. The van der Waals surface area contributed by atoms with Crippen LogP contribution in [0, 0.1) is 0 Å². The van der Waals surface area contributed by atoms with Gasteiger partial charge in [-0.25, -0.2) is 0 Å². The molecule has 2 aliphatic rings. The Morgan fingerprint density at radius 2 is 2.00 bits per heavy atom. The van der Waals surface area contributed by atoms with Gasteiger partial charge in [0.2, 0.25) is 5.91 Å². The highest BCUT2D eigenvalue weighted by Gasteiger charge is 2.26. The molecule has 1 aliphatic carbocycles. The topological polar surface area (TPSA) is 49.4 Å². The molecule has 102 valence electrons. The summed E-state index contributed by atoms with van der Waals surface area (Å²) in [6.07, 6.45) is 7.01. The molecular formula is C14H24N2O2. The average Bonchev–Trinajstić information content (AvgIpc) is 3.11. The van der Waals surface area contributed by atoms with E-state index in [0.29, 0.717) is 24.9 Å². The number of hydrogen-bond acceptors (Lipinski definition) is 3. The van der Waals surface area contributed by atoms with Crippen LogP contribution in [-0.2, 0) is 9.59 Å². The van der Waals surface area contributed by atoms with Gasteiger partial charge in [-0.05, 0) is 39.2 Å². The predicted octanol–water partition coefficient (Wildman–Crippen LogP) is 1.49. The maximum atomic E-state index is 11.7. The van der Waals surface area contributed by atoms with Gasteiger partial charge in [0.1, 0.15) is 5.78 Å². The summed E-state index contributed by atoms with van der Waals surface area (Å²) in [6.45, 7) is 3.50. The number of amides is 1. The van der Waals surface area contributed by atoms with Gasteiger partial charge in [0, 0.05) is 31.5 Å². The number of nitrogens with one attached hydrogen (secondary N) is 1. The third-order valence-corrected chi connectivity index (χ3v) is 3.84. The lowest BCUT2D eigenvalue weighted by Crippen LogP contribution is -2.42. The van der Waals surface area contributed by atoms with Crippen LogP contribution in [0.4, 0.5) is 0 Å². The zero-order chi connectivity index (χ0) is 13.0. The van der Waals surface area contributed by atoms with E-state index in [-0.39, 0.29) is 11.7 Å².